The van der Waals surface area contributed by atoms with Gasteiger partial charge in [-0.3, -0.25) is 4.98 Å². The number of hydrogen-bond acceptors (Lipinski definition) is 1. The van der Waals surface area contributed by atoms with Crippen molar-refractivity contribution in [1.82, 2.24) is 4.98 Å². The van der Waals surface area contributed by atoms with E-state index in [1.165, 1.54) is 16.8 Å². The Morgan fingerprint density at radius 3 is 1.82 bits per heavy atom. The highest BCUT2D eigenvalue weighted by molar-refractivity contribution is 5.36. The lowest BCUT2D eigenvalue weighted by Gasteiger charge is -2.27. The molecule has 0 atom stereocenters. The van der Waals surface area contributed by atoms with E-state index in [1.54, 1.807) is 0 Å². The lowest BCUT2D eigenvalue weighted by atomic mass is 9.80. The van der Waals surface area contributed by atoms with Gasteiger partial charge in [0, 0.05) is 17.3 Å². The molecule has 0 aromatic carbocycles. The van der Waals surface area contributed by atoms with Crippen molar-refractivity contribution < 1.29 is 0 Å². The molecule has 0 N–H and O–H groups in total. The summed E-state index contributed by atoms with van der Waals surface area (Å²) < 4.78 is 0. The Kier molecular flexibility index (Phi) is 3.71. The summed E-state index contributed by atoms with van der Waals surface area (Å²) in [6.07, 6.45) is 2.08. The standard InChI is InChI=1S/C16H27N/c1-11(2)12-9-14(16(6,7)8)17-10-13(12)15(3,4)5/h9-11H,1-8H3. The predicted molar refractivity (Wildman–Crippen MR) is 75.7 cm³/mol. The average molecular weight is 233 g/mol. The quantitative estimate of drug-likeness (QED) is 0.679. The Labute approximate surface area is 107 Å². The van der Waals surface area contributed by atoms with Gasteiger partial charge in [-0.1, -0.05) is 55.4 Å². The van der Waals surface area contributed by atoms with E-state index in [0.717, 1.165) is 0 Å². The molecule has 1 rings (SSSR count). The number of nitrogens with zero attached hydrogens (tertiary/aromatic N) is 1. The highest BCUT2D eigenvalue weighted by Crippen LogP contribution is 2.32. The van der Waals surface area contributed by atoms with Crippen molar-refractivity contribution in [2.24, 2.45) is 0 Å². The summed E-state index contributed by atoms with van der Waals surface area (Å²) in [5, 5.41) is 0. The third-order valence-corrected chi connectivity index (χ3v) is 3.13. The maximum absolute atomic E-state index is 4.66. The fourth-order valence-corrected chi connectivity index (χ4v) is 1.99. The fourth-order valence-electron chi connectivity index (χ4n) is 1.99. The van der Waals surface area contributed by atoms with E-state index in [1.807, 2.05) is 0 Å². The van der Waals surface area contributed by atoms with Crippen LogP contribution in [0.25, 0.3) is 0 Å². The van der Waals surface area contributed by atoms with Crippen molar-refractivity contribution in [1.29, 1.82) is 0 Å². The maximum atomic E-state index is 4.66. The zero-order valence-corrected chi connectivity index (χ0v) is 12.7. The van der Waals surface area contributed by atoms with Gasteiger partial charge >= 0.3 is 0 Å². The summed E-state index contributed by atoms with van der Waals surface area (Å²) in [5.41, 5.74) is 4.30. The monoisotopic (exact) mass is 233 g/mol. The highest BCUT2D eigenvalue weighted by atomic mass is 14.7. The Bertz CT molecular complexity index is 389. The van der Waals surface area contributed by atoms with Gasteiger partial charge in [0.2, 0.25) is 0 Å². The Morgan fingerprint density at radius 1 is 0.941 bits per heavy atom. The van der Waals surface area contributed by atoms with Crippen LogP contribution < -0.4 is 0 Å². The van der Waals surface area contributed by atoms with E-state index in [-0.39, 0.29) is 10.8 Å². The molecule has 96 valence electrons. The van der Waals surface area contributed by atoms with Crippen molar-refractivity contribution in [3.63, 3.8) is 0 Å². The molecule has 1 nitrogen and oxygen atoms in total. The maximum Gasteiger partial charge on any atom is 0.0460 e. The van der Waals surface area contributed by atoms with Gasteiger partial charge in [0.1, 0.15) is 0 Å². The van der Waals surface area contributed by atoms with Crippen LogP contribution in [0, 0.1) is 0 Å². The van der Waals surface area contributed by atoms with Gasteiger partial charge in [0.05, 0.1) is 0 Å². The summed E-state index contributed by atoms with van der Waals surface area (Å²) in [6.45, 7) is 17.9. The van der Waals surface area contributed by atoms with Gasteiger partial charge < -0.3 is 0 Å². The van der Waals surface area contributed by atoms with E-state index in [0.29, 0.717) is 5.92 Å². The van der Waals surface area contributed by atoms with Crippen LogP contribution in [-0.2, 0) is 10.8 Å². The topological polar surface area (TPSA) is 12.9 Å². The molecule has 0 fully saturated rings. The lowest BCUT2D eigenvalue weighted by Crippen LogP contribution is -2.19. The van der Waals surface area contributed by atoms with E-state index >= 15 is 0 Å². The summed E-state index contributed by atoms with van der Waals surface area (Å²) >= 11 is 0. The molecule has 0 bridgehead atoms. The molecule has 1 aromatic rings. The van der Waals surface area contributed by atoms with E-state index in [9.17, 15) is 0 Å². The first kappa shape index (κ1) is 14.2. The Hall–Kier alpha value is -0.850. The second kappa shape index (κ2) is 4.44. The molecule has 0 aliphatic rings. The molecule has 0 aliphatic carbocycles. The number of aromatic nitrogens is 1. The van der Waals surface area contributed by atoms with Crippen LogP contribution in [-0.4, -0.2) is 4.98 Å². The van der Waals surface area contributed by atoms with Gasteiger partial charge in [0.15, 0.2) is 0 Å². The minimum atomic E-state index is 0.125. The summed E-state index contributed by atoms with van der Waals surface area (Å²) in [5.74, 6) is 0.549. The van der Waals surface area contributed by atoms with Crippen LogP contribution in [0.5, 0.6) is 0 Å². The molecule has 0 unspecified atom stereocenters. The highest BCUT2D eigenvalue weighted by Gasteiger charge is 2.23. The van der Waals surface area contributed by atoms with Crippen molar-refractivity contribution in [2.45, 2.75) is 72.1 Å². The molecular formula is C16H27N. The molecule has 0 amide bonds. The van der Waals surface area contributed by atoms with Gasteiger partial charge in [-0.25, -0.2) is 0 Å². The van der Waals surface area contributed by atoms with Gasteiger partial charge in [0.25, 0.3) is 0 Å². The van der Waals surface area contributed by atoms with Crippen LogP contribution in [0.3, 0.4) is 0 Å². The van der Waals surface area contributed by atoms with Crippen LogP contribution in [0.4, 0.5) is 0 Å². The fraction of sp³-hybridized carbons (Fsp3) is 0.688. The molecule has 17 heavy (non-hydrogen) atoms. The average Bonchev–Trinajstić information content (AvgIpc) is 2.14. The third kappa shape index (κ3) is 3.31. The van der Waals surface area contributed by atoms with Crippen LogP contribution in [0.2, 0.25) is 0 Å². The molecule has 1 heteroatoms. The zero-order valence-electron chi connectivity index (χ0n) is 12.7. The van der Waals surface area contributed by atoms with Crippen molar-refractivity contribution >= 4 is 0 Å². The molecule has 0 radical (unpaired) electrons. The van der Waals surface area contributed by atoms with Crippen molar-refractivity contribution in [3.05, 3.63) is 29.1 Å². The number of rotatable bonds is 1. The summed E-state index contributed by atoms with van der Waals surface area (Å²) in [6, 6.07) is 2.30. The van der Waals surface area contributed by atoms with E-state index in [4.69, 9.17) is 0 Å². The minimum absolute atomic E-state index is 0.125. The molecular weight excluding hydrogens is 206 g/mol. The van der Waals surface area contributed by atoms with Crippen molar-refractivity contribution in [2.75, 3.05) is 0 Å². The van der Waals surface area contributed by atoms with Crippen LogP contribution >= 0.6 is 0 Å². The normalized spacial score (nSPS) is 13.2. The molecule has 0 saturated heterocycles. The lowest BCUT2D eigenvalue weighted by molar-refractivity contribution is 0.547. The van der Waals surface area contributed by atoms with Crippen LogP contribution in [0.1, 0.15) is 78.1 Å². The summed E-state index contributed by atoms with van der Waals surface area (Å²) in [7, 11) is 0. The van der Waals surface area contributed by atoms with Gasteiger partial charge in [-0.2, -0.15) is 0 Å². The molecule has 0 spiro atoms. The SMILES string of the molecule is CC(C)c1cc(C(C)(C)C)ncc1C(C)(C)C. The second-order valence-corrected chi connectivity index (χ2v) is 7.31. The molecule has 1 heterocycles. The Morgan fingerprint density at radius 2 is 1.47 bits per heavy atom. The zero-order chi connectivity index (χ0) is 13.4. The Balaban J connectivity index is 3.38. The van der Waals surface area contributed by atoms with Gasteiger partial charge in [-0.15, -0.1) is 0 Å². The minimum Gasteiger partial charge on any atom is -0.260 e. The third-order valence-electron chi connectivity index (χ3n) is 3.13. The first-order chi connectivity index (χ1) is 7.53. The first-order valence-corrected chi connectivity index (χ1v) is 6.54. The predicted octanol–water partition coefficient (Wildman–Crippen LogP) is 4.80. The molecule has 1 aromatic heterocycles. The molecule has 0 aliphatic heterocycles. The van der Waals surface area contributed by atoms with Gasteiger partial charge in [-0.05, 0) is 28.5 Å². The molecule has 0 saturated carbocycles. The number of pyridine rings is 1. The second-order valence-electron chi connectivity index (χ2n) is 7.31. The number of hydrogen-bond donors (Lipinski definition) is 0. The van der Waals surface area contributed by atoms with E-state index in [2.05, 4.69) is 72.6 Å². The van der Waals surface area contributed by atoms with Crippen molar-refractivity contribution in [3.8, 4) is 0 Å². The largest absolute Gasteiger partial charge is 0.260 e. The first-order valence-electron chi connectivity index (χ1n) is 6.54. The smallest absolute Gasteiger partial charge is 0.0460 e. The van der Waals surface area contributed by atoms with E-state index < -0.39 is 0 Å². The van der Waals surface area contributed by atoms with Crippen LogP contribution in [0.15, 0.2) is 12.3 Å². The summed E-state index contributed by atoms with van der Waals surface area (Å²) in [4.78, 5) is 4.66.